The van der Waals surface area contributed by atoms with Gasteiger partial charge >= 0.3 is 0 Å². The predicted octanol–water partition coefficient (Wildman–Crippen LogP) is 11.8. The van der Waals surface area contributed by atoms with Gasteiger partial charge in [-0.1, -0.05) is 133 Å². The van der Waals surface area contributed by atoms with Crippen LogP contribution >= 0.6 is 0 Å². The highest BCUT2D eigenvalue weighted by atomic mass is 15.1. The molecule has 46 heavy (non-hydrogen) atoms. The van der Waals surface area contributed by atoms with Gasteiger partial charge in [0.25, 0.3) is 0 Å². The molecule has 0 fully saturated rings. The molecule has 0 unspecified atom stereocenters. The SMILES string of the molecule is [2H]C([2H])([2H])c1nc2ccccc2n1-c1ccccc1-c1c2ccccc2c(-c2ccc3c4c(cccc24)-c2ccccc2-3)c2ccccc12. The van der Waals surface area contributed by atoms with E-state index in [4.69, 9.17) is 4.11 Å². The minimum atomic E-state index is -2.41. The molecule has 9 aromatic rings. The number of hydrogen-bond acceptors (Lipinski definition) is 1. The Morgan fingerprint density at radius 3 is 1.63 bits per heavy atom. The van der Waals surface area contributed by atoms with Crippen molar-refractivity contribution >= 4 is 43.4 Å². The number of nitrogens with zero attached hydrogens (tertiary/aromatic N) is 2. The van der Waals surface area contributed by atoms with E-state index in [1.165, 1.54) is 44.2 Å². The van der Waals surface area contributed by atoms with Crippen LogP contribution in [-0.2, 0) is 0 Å². The van der Waals surface area contributed by atoms with Gasteiger partial charge in [0.1, 0.15) is 5.82 Å². The fourth-order valence-corrected chi connectivity index (χ4v) is 7.89. The van der Waals surface area contributed by atoms with Crippen LogP contribution in [0.4, 0.5) is 0 Å². The van der Waals surface area contributed by atoms with Gasteiger partial charge in [0.2, 0.25) is 0 Å². The fraction of sp³-hybridized carbons (Fsp3) is 0.0227. The summed E-state index contributed by atoms with van der Waals surface area (Å²) in [6.45, 7) is -2.41. The molecule has 1 heterocycles. The van der Waals surface area contributed by atoms with Gasteiger partial charge in [0.05, 0.1) is 16.7 Å². The van der Waals surface area contributed by atoms with Crippen molar-refractivity contribution < 1.29 is 4.11 Å². The van der Waals surface area contributed by atoms with E-state index in [0.29, 0.717) is 5.52 Å². The number of aromatic nitrogens is 2. The standard InChI is InChI=1S/C44H28N2/c1-27-45-39-22-9-11-24-41(39)46(27)40-23-10-8-19-38(40)44-33-17-6-4-15-31(33)43(32-16-5-7-18-34(32)44)37-26-25-36-29-14-3-2-13-28(29)30-20-12-21-35(37)42(30)36/h2-26H,1H3/i1D3. The molecule has 10 rings (SSSR count). The van der Waals surface area contributed by atoms with Crippen LogP contribution in [0.5, 0.6) is 0 Å². The predicted molar refractivity (Wildman–Crippen MR) is 194 cm³/mol. The quantitative estimate of drug-likeness (QED) is 0.188. The number of para-hydroxylation sites is 3. The third-order valence-electron chi connectivity index (χ3n) is 9.72. The van der Waals surface area contributed by atoms with Crippen molar-refractivity contribution in [2.45, 2.75) is 6.85 Å². The first-order valence-electron chi connectivity index (χ1n) is 17.2. The molecule has 0 radical (unpaired) electrons. The van der Waals surface area contributed by atoms with E-state index >= 15 is 0 Å². The Hall–Kier alpha value is -5.99. The van der Waals surface area contributed by atoms with Crippen molar-refractivity contribution in [3.05, 3.63) is 157 Å². The van der Waals surface area contributed by atoms with Crippen LogP contribution in [0.25, 0.3) is 93.5 Å². The van der Waals surface area contributed by atoms with Gasteiger partial charge in [0.15, 0.2) is 0 Å². The summed E-state index contributed by atoms with van der Waals surface area (Å²) in [5.74, 6) is 0.0558. The fourth-order valence-electron chi connectivity index (χ4n) is 7.89. The minimum Gasteiger partial charge on any atom is -0.296 e. The maximum Gasteiger partial charge on any atom is 0.111 e. The molecule has 214 valence electrons. The molecule has 0 saturated carbocycles. The van der Waals surface area contributed by atoms with Gasteiger partial charge in [-0.15, -0.1) is 0 Å². The smallest absolute Gasteiger partial charge is 0.111 e. The lowest BCUT2D eigenvalue weighted by atomic mass is 9.84. The zero-order chi connectivity index (χ0) is 32.9. The zero-order valence-corrected chi connectivity index (χ0v) is 24.8. The van der Waals surface area contributed by atoms with E-state index < -0.39 is 6.85 Å². The number of imidazole rings is 1. The van der Waals surface area contributed by atoms with Crippen molar-refractivity contribution in [2.24, 2.45) is 0 Å². The lowest BCUT2D eigenvalue weighted by Gasteiger charge is -2.21. The van der Waals surface area contributed by atoms with Crippen LogP contribution in [0.2, 0.25) is 0 Å². The van der Waals surface area contributed by atoms with Crippen LogP contribution < -0.4 is 0 Å². The molecule has 0 bridgehead atoms. The molecular formula is C44H28N2. The van der Waals surface area contributed by atoms with E-state index in [-0.39, 0.29) is 5.82 Å². The third kappa shape index (κ3) is 3.39. The molecule has 0 saturated heterocycles. The summed E-state index contributed by atoms with van der Waals surface area (Å²) in [6, 6.07) is 53.0. The van der Waals surface area contributed by atoms with Crippen molar-refractivity contribution in [3.63, 3.8) is 0 Å². The number of rotatable bonds is 3. The van der Waals surface area contributed by atoms with E-state index in [1.807, 2.05) is 47.0 Å². The van der Waals surface area contributed by atoms with Crippen LogP contribution in [0.3, 0.4) is 0 Å². The number of benzene rings is 8. The molecule has 2 heteroatoms. The summed E-state index contributed by atoms with van der Waals surface area (Å²) < 4.78 is 27.2. The van der Waals surface area contributed by atoms with E-state index in [9.17, 15) is 0 Å². The highest BCUT2D eigenvalue weighted by Crippen LogP contribution is 2.52. The monoisotopic (exact) mass is 587 g/mol. The zero-order valence-electron chi connectivity index (χ0n) is 27.8. The maximum absolute atomic E-state index is 8.45. The Morgan fingerprint density at radius 2 is 0.935 bits per heavy atom. The Bertz CT molecular complexity index is 2740. The van der Waals surface area contributed by atoms with Crippen LogP contribution in [0.1, 0.15) is 9.94 Å². The number of aryl methyl sites for hydroxylation is 1. The highest BCUT2D eigenvalue weighted by molar-refractivity contribution is 6.26. The van der Waals surface area contributed by atoms with Gasteiger partial charge in [0, 0.05) is 9.68 Å². The van der Waals surface area contributed by atoms with Crippen molar-refractivity contribution in [2.75, 3.05) is 0 Å². The van der Waals surface area contributed by atoms with Gasteiger partial charge in [-0.3, -0.25) is 4.57 Å². The number of fused-ring (bicyclic) bond motifs is 6. The molecule has 0 amide bonds. The van der Waals surface area contributed by atoms with E-state index in [0.717, 1.165) is 43.9 Å². The second-order valence-electron chi connectivity index (χ2n) is 12.1. The average molecular weight is 588 g/mol. The lowest BCUT2D eigenvalue weighted by molar-refractivity contribution is 1.00. The number of hydrogen-bond donors (Lipinski definition) is 0. The molecule has 0 spiro atoms. The van der Waals surface area contributed by atoms with Crippen LogP contribution in [0.15, 0.2) is 152 Å². The van der Waals surface area contributed by atoms with Crippen LogP contribution in [-0.4, -0.2) is 9.55 Å². The van der Waals surface area contributed by atoms with Crippen molar-refractivity contribution in [3.8, 4) is 50.2 Å². The summed E-state index contributed by atoms with van der Waals surface area (Å²) in [6.07, 6.45) is 0. The Morgan fingerprint density at radius 1 is 0.435 bits per heavy atom. The van der Waals surface area contributed by atoms with Gasteiger partial charge in [-0.2, -0.15) is 0 Å². The second kappa shape index (κ2) is 9.50. The molecule has 2 nitrogen and oxygen atoms in total. The van der Waals surface area contributed by atoms with E-state index in [2.05, 4.69) is 114 Å². The molecule has 0 atom stereocenters. The molecule has 0 aliphatic heterocycles. The van der Waals surface area contributed by atoms with Crippen molar-refractivity contribution in [1.82, 2.24) is 9.55 Å². The summed E-state index contributed by atoms with van der Waals surface area (Å²) >= 11 is 0. The Kier molecular flexibility index (Phi) is 4.65. The molecule has 8 aromatic carbocycles. The maximum atomic E-state index is 8.45. The summed E-state index contributed by atoms with van der Waals surface area (Å²) in [4.78, 5) is 4.64. The first kappa shape index (κ1) is 22.5. The lowest BCUT2D eigenvalue weighted by Crippen LogP contribution is -2.00. The topological polar surface area (TPSA) is 17.8 Å². The minimum absolute atomic E-state index is 0.0558. The van der Waals surface area contributed by atoms with Gasteiger partial charge in [-0.05, 0) is 96.3 Å². The molecular weight excluding hydrogens is 556 g/mol. The Labute approximate surface area is 271 Å². The van der Waals surface area contributed by atoms with Crippen LogP contribution in [0, 0.1) is 6.85 Å². The normalized spacial score (nSPS) is 13.3. The molecule has 1 aliphatic carbocycles. The first-order chi connectivity index (χ1) is 24.0. The largest absolute Gasteiger partial charge is 0.296 e. The van der Waals surface area contributed by atoms with Crippen molar-refractivity contribution in [1.29, 1.82) is 0 Å². The summed E-state index contributed by atoms with van der Waals surface area (Å²) in [5, 5.41) is 7.04. The third-order valence-corrected chi connectivity index (χ3v) is 9.72. The average Bonchev–Trinajstić information content (AvgIpc) is 3.69. The molecule has 0 N–H and O–H groups in total. The first-order valence-corrected chi connectivity index (χ1v) is 15.7. The summed E-state index contributed by atoms with van der Waals surface area (Å²) in [7, 11) is 0. The highest BCUT2D eigenvalue weighted by Gasteiger charge is 2.25. The van der Waals surface area contributed by atoms with Gasteiger partial charge < -0.3 is 0 Å². The summed E-state index contributed by atoms with van der Waals surface area (Å²) in [5.41, 5.74) is 11.7. The van der Waals surface area contributed by atoms with E-state index in [1.54, 1.807) is 0 Å². The second-order valence-corrected chi connectivity index (χ2v) is 12.1. The Balaban J connectivity index is 1.31. The molecule has 1 aliphatic rings. The van der Waals surface area contributed by atoms with Gasteiger partial charge in [-0.25, -0.2) is 4.98 Å². The molecule has 1 aromatic heterocycles.